The molecule has 28 heavy (non-hydrogen) atoms. The highest BCUT2D eigenvalue weighted by molar-refractivity contribution is 6.04. The Morgan fingerprint density at radius 1 is 1.18 bits per heavy atom. The van der Waals surface area contributed by atoms with Crippen molar-refractivity contribution in [3.8, 4) is 17.1 Å². The molecule has 4 rings (SSSR count). The van der Waals surface area contributed by atoms with Gasteiger partial charge in [0.2, 0.25) is 0 Å². The number of carbonyl (C=O) groups excluding carboxylic acids is 1. The van der Waals surface area contributed by atoms with Crippen molar-refractivity contribution in [1.29, 1.82) is 0 Å². The lowest BCUT2D eigenvalue weighted by Crippen LogP contribution is -2.35. The van der Waals surface area contributed by atoms with E-state index in [1.807, 2.05) is 24.3 Å². The minimum Gasteiger partial charge on any atom is -0.497 e. The van der Waals surface area contributed by atoms with Gasteiger partial charge in [0.25, 0.3) is 5.91 Å². The number of benzene rings is 1. The van der Waals surface area contributed by atoms with E-state index >= 15 is 0 Å². The first-order chi connectivity index (χ1) is 13.6. The molecule has 0 unspecified atom stereocenters. The number of nitrogens with zero attached hydrogens (tertiary/aromatic N) is 2. The first kappa shape index (κ1) is 18.8. The van der Waals surface area contributed by atoms with Crippen LogP contribution >= 0.6 is 0 Å². The summed E-state index contributed by atoms with van der Waals surface area (Å²) in [7, 11) is 1.64. The zero-order valence-electron chi connectivity index (χ0n) is 16.8. The SMILES string of the molecule is COc1ccc(-c2onc(N3CCCC3)c2C(=O)NCC2(C)CCCC2)cc1. The molecule has 6 heteroatoms. The summed E-state index contributed by atoms with van der Waals surface area (Å²) < 4.78 is 10.9. The second-order valence-electron chi connectivity index (χ2n) is 8.33. The maximum absolute atomic E-state index is 13.2. The zero-order valence-corrected chi connectivity index (χ0v) is 16.8. The largest absolute Gasteiger partial charge is 0.497 e. The highest BCUT2D eigenvalue weighted by Crippen LogP contribution is 2.37. The van der Waals surface area contributed by atoms with Gasteiger partial charge in [0, 0.05) is 25.2 Å². The summed E-state index contributed by atoms with van der Waals surface area (Å²) in [4.78, 5) is 15.4. The maximum atomic E-state index is 13.2. The Morgan fingerprint density at radius 3 is 2.50 bits per heavy atom. The third-order valence-electron chi connectivity index (χ3n) is 6.15. The molecule has 1 N–H and O–H groups in total. The molecule has 1 aromatic heterocycles. The van der Waals surface area contributed by atoms with Gasteiger partial charge >= 0.3 is 0 Å². The minimum atomic E-state index is -0.0953. The van der Waals surface area contributed by atoms with Crippen LogP contribution in [-0.2, 0) is 0 Å². The number of ether oxygens (including phenoxy) is 1. The molecule has 0 spiro atoms. The summed E-state index contributed by atoms with van der Waals surface area (Å²) in [5.41, 5.74) is 1.57. The molecule has 1 aromatic carbocycles. The fourth-order valence-electron chi connectivity index (χ4n) is 4.36. The van der Waals surface area contributed by atoms with Gasteiger partial charge in [-0.05, 0) is 55.4 Å². The summed E-state index contributed by atoms with van der Waals surface area (Å²) >= 11 is 0. The number of hydrogen-bond donors (Lipinski definition) is 1. The van der Waals surface area contributed by atoms with Crippen molar-refractivity contribution < 1.29 is 14.1 Å². The van der Waals surface area contributed by atoms with Gasteiger partial charge in [0.05, 0.1) is 7.11 Å². The van der Waals surface area contributed by atoms with Crippen LogP contribution in [0.4, 0.5) is 5.82 Å². The lowest BCUT2D eigenvalue weighted by Gasteiger charge is -2.24. The van der Waals surface area contributed by atoms with E-state index in [0.29, 0.717) is 23.7 Å². The fourth-order valence-corrected chi connectivity index (χ4v) is 4.36. The normalized spacial score (nSPS) is 18.4. The molecule has 1 amide bonds. The number of carbonyl (C=O) groups is 1. The average molecular weight is 383 g/mol. The predicted octanol–water partition coefficient (Wildman–Crippen LogP) is 4.26. The van der Waals surface area contributed by atoms with Gasteiger partial charge in [-0.1, -0.05) is 24.9 Å². The molecule has 6 nitrogen and oxygen atoms in total. The van der Waals surface area contributed by atoms with Crippen molar-refractivity contribution in [3.05, 3.63) is 29.8 Å². The molecular weight excluding hydrogens is 354 g/mol. The van der Waals surface area contributed by atoms with Crippen molar-refractivity contribution in [2.45, 2.75) is 45.4 Å². The summed E-state index contributed by atoms with van der Waals surface area (Å²) in [5.74, 6) is 1.86. The summed E-state index contributed by atoms with van der Waals surface area (Å²) in [6.45, 7) is 4.78. The summed E-state index contributed by atoms with van der Waals surface area (Å²) in [5, 5.41) is 7.47. The van der Waals surface area contributed by atoms with Crippen LogP contribution in [0.1, 0.15) is 55.8 Å². The van der Waals surface area contributed by atoms with Crippen LogP contribution in [-0.4, -0.2) is 37.8 Å². The van der Waals surface area contributed by atoms with Crippen molar-refractivity contribution in [1.82, 2.24) is 10.5 Å². The third-order valence-corrected chi connectivity index (χ3v) is 6.15. The van der Waals surface area contributed by atoms with Gasteiger partial charge in [-0.15, -0.1) is 0 Å². The monoisotopic (exact) mass is 383 g/mol. The molecule has 2 aromatic rings. The lowest BCUT2D eigenvalue weighted by molar-refractivity contribution is 0.0935. The van der Waals surface area contributed by atoms with Crippen LogP contribution in [0.2, 0.25) is 0 Å². The van der Waals surface area contributed by atoms with Crippen molar-refractivity contribution in [2.24, 2.45) is 5.41 Å². The van der Waals surface area contributed by atoms with Crippen molar-refractivity contribution in [3.63, 3.8) is 0 Å². The van der Waals surface area contributed by atoms with Crippen molar-refractivity contribution >= 4 is 11.7 Å². The molecular formula is C22H29N3O3. The second-order valence-corrected chi connectivity index (χ2v) is 8.33. The van der Waals surface area contributed by atoms with Crippen LogP contribution in [0.25, 0.3) is 11.3 Å². The predicted molar refractivity (Wildman–Crippen MR) is 109 cm³/mol. The van der Waals surface area contributed by atoms with Gasteiger partial charge in [-0.25, -0.2) is 0 Å². The van der Waals surface area contributed by atoms with Crippen LogP contribution in [0.3, 0.4) is 0 Å². The van der Waals surface area contributed by atoms with E-state index in [-0.39, 0.29) is 11.3 Å². The average Bonchev–Trinajstić information content (AvgIpc) is 3.46. The Hall–Kier alpha value is -2.50. The van der Waals surface area contributed by atoms with E-state index < -0.39 is 0 Å². The van der Waals surface area contributed by atoms with E-state index in [0.717, 1.165) is 37.2 Å². The van der Waals surface area contributed by atoms with Gasteiger partial charge in [-0.3, -0.25) is 4.79 Å². The topological polar surface area (TPSA) is 67.6 Å². The minimum absolute atomic E-state index is 0.0953. The highest BCUT2D eigenvalue weighted by Gasteiger charge is 2.32. The maximum Gasteiger partial charge on any atom is 0.259 e. The molecule has 1 saturated carbocycles. The lowest BCUT2D eigenvalue weighted by atomic mass is 9.89. The fraction of sp³-hybridized carbons (Fsp3) is 0.545. The second kappa shape index (κ2) is 7.86. The first-order valence-electron chi connectivity index (χ1n) is 10.3. The molecule has 1 saturated heterocycles. The molecule has 0 atom stereocenters. The van der Waals surface area contributed by atoms with Crippen molar-refractivity contribution in [2.75, 3.05) is 31.6 Å². The Balaban J connectivity index is 1.63. The number of rotatable bonds is 6. The van der Waals surface area contributed by atoms with E-state index in [2.05, 4.69) is 22.3 Å². The first-order valence-corrected chi connectivity index (χ1v) is 10.3. The summed E-state index contributed by atoms with van der Waals surface area (Å²) in [6.07, 6.45) is 7.06. The van der Waals surface area contributed by atoms with Gasteiger partial charge in [0.1, 0.15) is 11.3 Å². The van der Waals surface area contributed by atoms with E-state index in [9.17, 15) is 4.79 Å². The molecule has 2 heterocycles. The van der Waals surface area contributed by atoms with Gasteiger partial charge in [-0.2, -0.15) is 0 Å². The van der Waals surface area contributed by atoms with Crippen LogP contribution in [0, 0.1) is 5.41 Å². The molecule has 0 bridgehead atoms. The quantitative estimate of drug-likeness (QED) is 0.807. The van der Waals surface area contributed by atoms with E-state index in [1.165, 1.54) is 25.7 Å². The standard InChI is InChI=1S/C22H29N3O3/c1-22(11-3-4-12-22)15-23-21(26)18-19(16-7-9-17(27-2)10-8-16)28-24-20(18)25-13-5-6-14-25/h7-10H,3-6,11-15H2,1-2H3,(H,23,26). The highest BCUT2D eigenvalue weighted by atomic mass is 16.5. The molecule has 1 aliphatic carbocycles. The Morgan fingerprint density at radius 2 is 1.86 bits per heavy atom. The molecule has 2 fully saturated rings. The molecule has 0 radical (unpaired) electrons. The summed E-state index contributed by atoms with van der Waals surface area (Å²) in [6, 6.07) is 7.55. The molecule has 150 valence electrons. The number of nitrogens with one attached hydrogen (secondary N) is 1. The zero-order chi connectivity index (χ0) is 19.6. The van der Waals surface area contributed by atoms with Crippen LogP contribution in [0.15, 0.2) is 28.8 Å². The number of hydrogen-bond acceptors (Lipinski definition) is 5. The number of amides is 1. The van der Waals surface area contributed by atoms with Gasteiger partial charge in [0.15, 0.2) is 11.6 Å². The van der Waals surface area contributed by atoms with Crippen LogP contribution < -0.4 is 15.0 Å². The van der Waals surface area contributed by atoms with Gasteiger partial charge < -0.3 is 19.5 Å². The van der Waals surface area contributed by atoms with Crippen LogP contribution in [0.5, 0.6) is 5.75 Å². The number of aromatic nitrogens is 1. The van der Waals surface area contributed by atoms with E-state index in [1.54, 1.807) is 7.11 Å². The molecule has 2 aliphatic rings. The Labute approximate surface area is 166 Å². The Bertz CT molecular complexity index is 816. The number of anilines is 1. The third kappa shape index (κ3) is 3.73. The molecule has 1 aliphatic heterocycles. The van der Waals surface area contributed by atoms with E-state index in [4.69, 9.17) is 9.26 Å². The number of methoxy groups -OCH3 is 1. The Kier molecular flexibility index (Phi) is 5.29. The smallest absolute Gasteiger partial charge is 0.259 e.